The average molecular weight is 395 g/mol. The number of carbonyl (C=O) groups excluding carboxylic acids is 1. The SMILES string of the molecule is Cc1nc2ccc(CNCc3ccccc3N3CCCC(C(N)=O)C3)cc2s1. The maximum atomic E-state index is 11.6. The topological polar surface area (TPSA) is 71.2 Å². The standard InChI is InChI=1S/C22H26N4OS/c1-15-25-19-9-8-16(11-21(19)28-15)12-24-13-17-5-2-3-7-20(17)26-10-4-6-18(14-26)22(23)27/h2-3,5,7-9,11,18,24H,4,6,10,12-14H2,1H3,(H2,23,27). The number of fused-ring (bicyclic) bond motifs is 1. The fraction of sp³-hybridized carbons (Fsp3) is 0.364. The summed E-state index contributed by atoms with van der Waals surface area (Å²) in [4.78, 5) is 18.5. The van der Waals surface area contributed by atoms with Crippen molar-refractivity contribution in [3.8, 4) is 0 Å². The molecule has 0 radical (unpaired) electrons. The highest BCUT2D eigenvalue weighted by Crippen LogP contribution is 2.27. The van der Waals surface area contributed by atoms with Gasteiger partial charge >= 0.3 is 0 Å². The first kappa shape index (κ1) is 18.9. The number of para-hydroxylation sites is 1. The van der Waals surface area contributed by atoms with Gasteiger partial charge in [-0.25, -0.2) is 4.98 Å². The first-order chi connectivity index (χ1) is 13.6. The van der Waals surface area contributed by atoms with Crippen LogP contribution in [0.15, 0.2) is 42.5 Å². The number of benzene rings is 2. The zero-order chi connectivity index (χ0) is 19.5. The molecule has 1 atom stereocenters. The third-order valence-corrected chi connectivity index (χ3v) is 6.29. The molecule has 6 heteroatoms. The van der Waals surface area contributed by atoms with Crippen molar-refractivity contribution in [1.82, 2.24) is 10.3 Å². The van der Waals surface area contributed by atoms with Crippen molar-refractivity contribution in [1.29, 1.82) is 0 Å². The van der Waals surface area contributed by atoms with Crippen molar-refractivity contribution in [3.05, 3.63) is 58.6 Å². The molecule has 2 heterocycles. The molecule has 0 bridgehead atoms. The molecule has 0 aliphatic carbocycles. The fourth-order valence-corrected chi connectivity index (χ4v) is 4.82. The summed E-state index contributed by atoms with van der Waals surface area (Å²) < 4.78 is 1.24. The Morgan fingerprint density at radius 1 is 1.29 bits per heavy atom. The maximum Gasteiger partial charge on any atom is 0.222 e. The molecule has 3 N–H and O–H groups in total. The van der Waals surface area contributed by atoms with E-state index < -0.39 is 0 Å². The Morgan fingerprint density at radius 3 is 3.00 bits per heavy atom. The lowest BCUT2D eigenvalue weighted by Gasteiger charge is -2.34. The molecule has 1 saturated heterocycles. The Kier molecular flexibility index (Phi) is 5.59. The number of rotatable bonds is 6. The monoisotopic (exact) mass is 394 g/mol. The largest absolute Gasteiger partial charge is 0.370 e. The molecule has 4 rings (SSSR count). The molecular formula is C22H26N4OS. The first-order valence-corrected chi connectivity index (χ1v) is 10.6. The summed E-state index contributed by atoms with van der Waals surface area (Å²) in [5.74, 6) is -0.238. The van der Waals surface area contributed by atoms with Crippen LogP contribution in [0.5, 0.6) is 0 Å². The van der Waals surface area contributed by atoms with Crippen molar-refractivity contribution >= 4 is 33.1 Å². The van der Waals surface area contributed by atoms with Gasteiger partial charge in [0.2, 0.25) is 5.91 Å². The molecule has 1 amide bonds. The van der Waals surface area contributed by atoms with Crippen LogP contribution in [0.4, 0.5) is 5.69 Å². The molecule has 146 valence electrons. The van der Waals surface area contributed by atoms with E-state index in [1.807, 2.05) is 6.92 Å². The maximum absolute atomic E-state index is 11.6. The minimum Gasteiger partial charge on any atom is -0.370 e. The Hall–Kier alpha value is -2.44. The Balaban J connectivity index is 1.42. The summed E-state index contributed by atoms with van der Waals surface area (Å²) in [6.45, 7) is 5.33. The zero-order valence-electron chi connectivity index (χ0n) is 16.1. The highest BCUT2D eigenvalue weighted by Gasteiger charge is 2.25. The van der Waals surface area contributed by atoms with Crippen LogP contribution in [0.3, 0.4) is 0 Å². The number of aryl methyl sites for hydroxylation is 1. The summed E-state index contributed by atoms with van der Waals surface area (Å²) >= 11 is 1.74. The van der Waals surface area contributed by atoms with Gasteiger partial charge in [0, 0.05) is 31.9 Å². The number of nitrogens with zero attached hydrogens (tertiary/aromatic N) is 2. The molecular weight excluding hydrogens is 368 g/mol. The van der Waals surface area contributed by atoms with E-state index in [4.69, 9.17) is 5.73 Å². The molecule has 2 aromatic carbocycles. The lowest BCUT2D eigenvalue weighted by Crippen LogP contribution is -2.41. The molecule has 5 nitrogen and oxygen atoms in total. The summed E-state index contributed by atoms with van der Waals surface area (Å²) in [5.41, 5.74) is 10.3. The number of thiazole rings is 1. The molecule has 1 aromatic heterocycles. The highest BCUT2D eigenvalue weighted by molar-refractivity contribution is 7.18. The predicted molar refractivity (Wildman–Crippen MR) is 115 cm³/mol. The lowest BCUT2D eigenvalue weighted by atomic mass is 9.96. The van der Waals surface area contributed by atoms with Gasteiger partial charge in [0.1, 0.15) is 0 Å². The van der Waals surface area contributed by atoms with E-state index >= 15 is 0 Å². The number of nitrogens with one attached hydrogen (secondary N) is 1. The molecule has 0 spiro atoms. The van der Waals surface area contributed by atoms with E-state index in [1.54, 1.807) is 11.3 Å². The smallest absolute Gasteiger partial charge is 0.222 e. The van der Waals surface area contributed by atoms with Crippen LogP contribution in [-0.2, 0) is 17.9 Å². The van der Waals surface area contributed by atoms with Gasteiger partial charge in [-0.05, 0) is 49.1 Å². The second-order valence-corrected chi connectivity index (χ2v) is 8.69. The number of amides is 1. The third kappa shape index (κ3) is 4.18. The van der Waals surface area contributed by atoms with Gasteiger partial charge in [-0.15, -0.1) is 11.3 Å². The summed E-state index contributed by atoms with van der Waals surface area (Å²) in [6, 6.07) is 14.9. The summed E-state index contributed by atoms with van der Waals surface area (Å²) in [5, 5.41) is 4.67. The molecule has 1 unspecified atom stereocenters. The van der Waals surface area contributed by atoms with Gasteiger partial charge in [0.25, 0.3) is 0 Å². The van der Waals surface area contributed by atoms with E-state index in [-0.39, 0.29) is 11.8 Å². The minimum absolute atomic E-state index is 0.0515. The van der Waals surface area contributed by atoms with Gasteiger partial charge in [0.05, 0.1) is 21.1 Å². The van der Waals surface area contributed by atoms with Crippen LogP contribution >= 0.6 is 11.3 Å². The highest BCUT2D eigenvalue weighted by atomic mass is 32.1. The molecule has 1 aliphatic heterocycles. The van der Waals surface area contributed by atoms with Crippen molar-refractivity contribution in [2.24, 2.45) is 11.7 Å². The number of piperidine rings is 1. The normalized spacial score (nSPS) is 17.2. The van der Waals surface area contributed by atoms with Crippen LogP contribution in [0.1, 0.15) is 29.0 Å². The van der Waals surface area contributed by atoms with Gasteiger partial charge in [-0.1, -0.05) is 24.3 Å². The van der Waals surface area contributed by atoms with Crippen molar-refractivity contribution in [2.45, 2.75) is 32.9 Å². The quantitative estimate of drug-likeness (QED) is 0.670. The van der Waals surface area contributed by atoms with Crippen LogP contribution in [0.2, 0.25) is 0 Å². The lowest BCUT2D eigenvalue weighted by molar-refractivity contribution is -0.122. The summed E-state index contributed by atoms with van der Waals surface area (Å²) in [7, 11) is 0. The Bertz CT molecular complexity index is 984. The predicted octanol–water partition coefficient (Wildman–Crippen LogP) is 3.60. The zero-order valence-corrected chi connectivity index (χ0v) is 17.0. The number of primary amides is 1. The number of aromatic nitrogens is 1. The first-order valence-electron chi connectivity index (χ1n) is 9.79. The van der Waals surface area contributed by atoms with E-state index in [9.17, 15) is 4.79 Å². The second-order valence-electron chi connectivity index (χ2n) is 7.45. The van der Waals surface area contributed by atoms with Crippen molar-refractivity contribution in [3.63, 3.8) is 0 Å². The molecule has 0 saturated carbocycles. The van der Waals surface area contributed by atoms with E-state index in [1.165, 1.54) is 21.5 Å². The molecule has 28 heavy (non-hydrogen) atoms. The van der Waals surface area contributed by atoms with E-state index in [0.717, 1.165) is 43.0 Å². The van der Waals surface area contributed by atoms with Crippen molar-refractivity contribution < 1.29 is 4.79 Å². The molecule has 1 fully saturated rings. The number of hydrogen-bond donors (Lipinski definition) is 2. The number of hydrogen-bond acceptors (Lipinski definition) is 5. The van der Waals surface area contributed by atoms with Crippen LogP contribution < -0.4 is 16.0 Å². The van der Waals surface area contributed by atoms with Gasteiger partial charge < -0.3 is 16.0 Å². The minimum atomic E-state index is -0.186. The molecule has 1 aliphatic rings. The number of carbonyl (C=O) groups is 1. The van der Waals surface area contributed by atoms with Gasteiger partial charge in [0.15, 0.2) is 0 Å². The Morgan fingerprint density at radius 2 is 2.14 bits per heavy atom. The van der Waals surface area contributed by atoms with Crippen LogP contribution in [0, 0.1) is 12.8 Å². The second kappa shape index (κ2) is 8.29. The van der Waals surface area contributed by atoms with E-state index in [2.05, 4.69) is 57.7 Å². The van der Waals surface area contributed by atoms with Crippen LogP contribution in [0.25, 0.3) is 10.2 Å². The summed E-state index contributed by atoms with van der Waals surface area (Å²) in [6.07, 6.45) is 1.90. The molecule has 3 aromatic rings. The van der Waals surface area contributed by atoms with Gasteiger partial charge in [-0.3, -0.25) is 4.79 Å². The van der Waals surface area contributed by atoms with Gasteiger partial charge in [-0.2, -0.15) is 0 Å². The fourth-order valence-electron chi connectivity index (χ4n) is 3.93. The van der Waals surface area contributed by atoms with Crippen LogP contribution in [-0.4, -0.2) is 24.0 Å². The average Bonchev–Trinajstić information content (AvgIpc) is 3.08. The Labute approximate surface area is 169 Å². The third-order valence-electron chi connectivity index (χ3n) is 5.36. The number of nitrogens with two attached hydrogens (primary N) is 1. The van der Waals surface area contributed by atoms with E-state index in [0.29, 0.717) is 6.54 Å². The van der Waals surface area contributed by atoms with Crippen molar-refractivity contribution in [2.75, 3.05) is 18.0 Å². The number of anilines is 1.